The Labute approximate surface area is 188 Å². The van der Waals surface area contributed by atoms with E-state index in [0.29, 0.717) is 36.9 Å². The van der Waals surface area contributed by atoms with Gasteiger partial charge in [-0.25, -0.2) is 0 Å². The predicted molar refractivity (Wildman–Crippen MR) is 121 cm³/mol. The summed E-state index contributed by atoms with van der Waals surface area (Å²) in [6.07, 6.45) is 2.89. The highest BCUT2D eigenvalue weighted by Gasteiger charge is 2.44. The molecule has 2 aliphatic rings. The number of amides is 2. The zero-order valence-corrected chi connectivity index (χ0v) is 18.6. The second kappa shape index (κ2) is 9.94. The zero-order chi connectivity index (χ0) is 22.5. The van der Waals surface area contributed by atoms with Crippen LogP contribution in [-0.2, 0) is 9.59 Å². The van der Waals surface area contributed by atoms with Gasteiger partial charge in [-0.1, -0.05) is 25.5 Å². The van der Waals surface area contributed by atoms with Gasteiger partial charge in [0.1, 0.15) is 5.75 Å². The van der Waals surface area contributed by atoms with Crippen molar-refractivity contribution < 1.29 is 23.8 Å². The van der Waals surface area contributed by atoms with Gasteiger partial charge in [0.2, 0.25) is 11.8 Å². The van der Waals surface area contributed by atoms with Gasteiger partial charge in [0, 0.05) is 31.1 Å². The fourth-order valence-electron chi connectivity index (χ4n) is 4.31. The van der Waals surface area contributed by atoms with E-state index in [9.17, 15) is 9.59 Å². The molecule has 2 atom stereocenters. The summed E-state index contributed by atoms with van der Waals surface area (Å²) in [5, 5.41) is 3.00. The predicted octanol–water partition coefficient (Wildman–Crippen LogP) is 4.18. The number of anilines is 1. The van der Waals surface area contributed by atoms with E-state index < -0.39 is 5.92 Å². The van der Waals surface area contributed by atoms with Crippen LogP contribution in [0.5, 0.6) is 17.2 Å². The van der Waals surface area contributed by atoms with Gasteiger partial charge in [-0.05, 0) is 36.2 Å². The van der Waals surface area contributed by atoms with E-state index in [-0.39, 0.29) is 24.3 Å². The monoisotopic (exact) mass is 438 g/mol. The quantitative estimate of drug-likeness (QED) is 0.702. The summed E-state index contributed by atoms with van der Waals surface area (Å²) in [5.41, 5.74) is 1.57. The average molecular weight is 439 g/mol. The molecule has 2 aromatic rings. The minimum atomic E-state index is -0.483. The highest BCUT2D eigenvalue weighted by Crippen LogP contribution is 2.40. The Morgan fingerprint density at radius 3 is 2.59 bits per heavy atom. The van der Waals surface area contributed by atoms with Crippen LogP contribution >= 0.6 is 0 Å². The highest BCUT2D eigenvalue weighted by molar-refractivity contribution is 5.98. The number of benzene rings is 2. The molecule has 0 aliphatic carbocycles. The molecule has 1 saturated heterocycles. The molecule has 2 amide bonds. The maximum Gasteiger partial charge on any atom is 0.230 e. The molecule has 1 N–H and O–H groups in total. The molecule has 170 valence electrons. The first-order valence-electron chi connectivity index (χ1n) is 11.2. The Kier molecular flexibility index (Phi) is 6.83. The zero-order valence-electron chi connectivity index (χ0n) is 18.6. The lowest BCUT2D eigenvalue weighted by Gasteiger charge is -2.28. The molecule has 7 heteroatoms. The van der Waals surface area contributed by atoms with Crippen molar-refractivity contribution in [3.05, 3.63) is 48.0 Å². The summed E-state index contributed by atoms with van der Waals surface area (Å²) in [6.45, 7) is 3.92. The van der Waals surface area contributed by atoms with Crippen LogP contribution in [0.1, 0.15) is 44.2 Å². The molecule has 0 bridgehead atoms. The Bertz CT molecular complexity index is 959. The largest absolute Gasteiger partial charge is 0.497 e. The first kappa shape index (κ1) is 22.0. The van der Waals surface area contributed by atoms with E-state index in [0.717, 1.165) is 30.6 Å². The standard InChI is InChI=1S/C25H30N2O5/c1-3-4-12-27-23(28)16-20(24(27)17-6-9-19(30-2)10-7-17)25(29)26-18-8-11-21-22(15-18)32-14-5-13-31-21/h6-11,15,20,24H,3-5,12-14,16H2,1-2H3,(H,26,29)/t20-,24-/m1/s1. The van der Waals surface area contributed by atoms with Gasteiger partial charge in [-0.3, -0.25) is 9.59 Å². The van der Waals surface area contributed by atoms with Gasteiger partial charge >= 0.3 is 0 Å². The number of hydrogen-bond acceptors (Lipinski definition) is 5. The number of ether oxygens (including phenoxy) is 3. The van der Waals surface area contributed by atoms with Crippen molar-refractivity contribution in [2.45, 2.75) is 38.6 Å². The number of hydrogen-bond donors (Lipinski definition) is 1. The van der Waals surface area contributed by atoms with E-state index >= 15 is 0 Å². The van der Waals surface area contributed by atoms with Crippen LogP contribution in [0.2, 0.25) is 0 Å². The molecule has 1 fully saturated rings. The second-order valence-electron chi connectivity index (χ2n) is 8.17. The molecular formula is C25H30N2O5. The van der Waals surface area contributed by atoms with Crippen LogP contribution in [0.15, 0.2) is 42.5 Å². The number of unbranched alkanes of at least 4 members (excludes halogenated alkanes) is 1. The topological polar surface area (TPSA) is 77.1 Å². The molecule has 0 radical (unpaired) electrons. The average Bonchev–Trinajstić information content (AvgIpc) is 2.97. The number of nitrogens with one attached hydrogen (secondary N) is 1. The summed E-state index contributed by atoms with van der Waals surface area (Å²) >= 11 is 0. The minimum Gasteiger partial charge on any atom is -0.497 e. The van der Waals surface area contributed by atoms with Crippen molar-refractivity contribution in [3.63, 3.8) is 0 Å². The highest BCUT2D eigenvalue weighted by atomic mass is 16.5. The SMILES string of the molecule is CCCCN1C(=O)C[C@@H](C(=O)Nc2ccc3c(c2)OCCCO3)[C@H]1c1ccc(OC)cc1. The van der Waals surface area contributed by atoms with Gasteiger partial charge in [-0.2, -0.15) is 0 Å². The molecule has 0 unspecified atom stereocenters. The smallest absolute Gasteiger partial charge is 0.230 e. The first-order chi connectivity index (χ1) is 15.6. The third kappa shape index (κ3) is 4.66. The van der Waals surface area contributed by atoms with Crippen molar-refractivity contribution in [2.24, 2.45) is 5.92 Å². The maximum atomic E-state index is 13.3. The molecule has 4 rings (SSSR count). The summed E-state index contributed by atoms with van der Waals surface area (Å²) < 4.78 is 16.7. The lowest BCUT2D eigenvalue weighted by molar-refractivity contribution is -0.129. The third-order valence-corrected chi connectivity index (χ3v) is 5.99. The molecule has 2 aromatic carbocycles. The Morgan fingerprint density at radius 2 is 1.88 bits per heavy atom. The Balaban J connectivity index is 1.57. The fourth-order valence-corrected chi connectivity index (χ4v) is 4.31. The van der Waals surface area contributed by atoms with Crippen LogP contribution in [0.25, 0.3) is 0 Å². The Morgan fingerprint density at radius 1 is 1.12 bits per heavy atom. The summed E-state index contributed by atoms with van der Waals surface area (Å²) in [7, 11) is 1.62. The lowest BCUT2D eigenvalue weighted by Crippen LogP contribution is -2.33. The number of fused-ring (bicyclic) bond motifs is 1. The summed E-state index contributed by atoms with van der Waals surface area (Å²) in [5.74, 6) is 1.40. The fraction of sp³-hybridized carbons (Fsp3) is 0.440. The molecule has 2 aliphatic heterocycles. The Hall–Kier alpha value is -3.22. The molecule has 7 nitrogen and oxygen atoms in total. The van der Waals surface area contributed by atoms with E-state index in [4.69, 9.17) is 14.2 Å². The minimum absolute atomic E-state index is 0.0121. The van der Waals surface area contributed by atoms with Gasteiger partial charge in [0.15, 0.2) is 11.5 Å². The lowest BCUT2D eigenvalue weighted by atomic mass is 9.92. The molecule has 0 spiro atoms. The van der Waals surface area contributed by atoms with Crippen LogP contribution in [0.4, 0.5) is 5.69 Å². The van der Waals surface area contributed by atoms with Crippen LogP contribution in [0.3, 0.4) is 0 Å². The van der Waals surface area contributed by atoms with Gasteiger partial charge in [-0.15, -0.1) is 0 Å². The van der Waals surface area contributed by atoms with E-state index in [1.165, 1.54) is 0 Å². The van der Waals surface area contributed by atoms with Crippen molar-refractivity contribution in [2.75, 3.05) is 32.2 Å². The first-order valence-corrected chi connectivity index (χ1v) is 11.2. The molecule has 32 heavy (non-hydrogen) atoms. The summed E-state index contributed by atoms with van der Waals surface area (Å²) in [6, 6.07) is 12.7. The molecular weight excluding hydrogens is 408 g/mol. The summed E-state index contributed by atoms with van der Waals surface area (Å²) in [4.78, 5) is 28.1. The van der Waals surface area contributed by atoms with Crippen molar-refractivity contribution in [1.29, 1.82) is 0 Å². The van der Waals surface area contributed by atoms with Crippen LogP contribution < -0.4 is 19.5 Å². The maximum absolute atomic E-state index is 13.3. The van der Waals surface area contributed by atoms with Crippen LogP contribution in [0, 0.1) is 5.92 Å². The van der Waals surface area contributed by atoms with Crippen LogP contribution in [-0.4, -0.2) is 43.6 Å². The molecule has 0 aromatic heterocycles. The van der Waals surface area contributed by atoms with Crippen molar-refractivity contribution in [3.8, 4) is 17.2 Å². The van der Waals surface area contributed by atoms with Crippen molar-refractivity contribution >= 4 is 17.5 Å². The number of rotatable bonds is 7. The van der Waals surface area contributed by atoms with E-state index in [1.807, 2.05) is 35.2 Å². The van der Waals surface area contributed by atoms with Gasteiger partial charge < -0.3 is 24.4 Å². The van der Waals surface area contributed by atoms with E-state index in [1.54, 1.807) is 19.2 Å². The second-order valence-corrected chi connectivity index (χ2v) is 8.17. The van der Waals surface area contributed by atoms with Gasteiger partial charge in [0.25, 0.3) is 0 Å². The van der Waals surface area contributed by atoms with Crippen molar-refractivity contribution in [1.82, 2.24) is 4.90 Å². The third-order valence-electron chi connectivity index (χ3n) is 5.99. The number of methoxy groups -OCH3 is 1. The number of carbonyl (C=O) groups excluding carboxylic acids is 2. The van der Waals surface area contributed by atoms with Gasteiger partial charge in [0.05, 0.1) is 32.3 Å². The normalized spacial score (nSPS) is 20.1. The number of nitrogens with zero attached hydrogens (tertiary/aromatic N) is 1. The van der Waals surface area contributed by atoms with E-state index in [2.05, 4.69) is 12.2 Å². The number of carbonyl (C=O) groups is 2. The number of likely N-dealkylation sites (tertiary alicyclic amines) is 1. The molecule has 2 heterocycles. The molecule has 0 saturated carbocycles.